The van der Waals surface area contributed by atoms with Gasteiger partial charge in [-0.25, -0.2) is 19.3 Å². The van der Waals surface area contributed by atoms with E-state index >= 15 is 0 Å². The predicted octanol–water partition coefficient (Wildman–Crippen LogP) is 3.64. The van der Waals surface area contributed by atoms with Crippen molar-refractivity contribution in [3.8, 4) is 11.5 Å². The van der Waals surface area contributed by atoms with Crippen LogP contribution in [-0.2, 0) is 6.18 Å². The average molecular weight is 470 g/mol. The van der Waals surface area contributed by atoms with Crippen LogP contribution in [0.25, 0.3) is 11.5 Å². The highest BCUT2D eigenvalue weighted by Gasteiger charge is 2.70. The maximum atomic E-state index is 14.6. The maximum absolute atomic E-state index is 14.6. The van der Waals surface area contributed by atoms with Crippen molar-refractivity contribution in [1.82, 2.24) is 24.8 Å². The Balaban J connectivity index is 1.29. The molecule has 3 aromatic rings. The minimum absolute atomic E-state index is 0.0948. The van der Waals surface area contributed by atoms with E-state index in [1.54, 1.807) is 35.6 Å². The molecule has 2 bridgehead atoms. The van der Waals surface area contributed by atoms with Gasteiger partial charge in [0, 0.05) is 24.8 Å². The van der Waals surface area contributed by atoms with Crippen molar-refractivity contribution in [1.29, 1.82) is 0 Å². The Labute approximate surface area is 191 Å². The van der Waals surface area contributed by atoms with Crippen molar-refractivity contribution in [3.05, 3.63) is 65.5 Å². The van der Waals surface area contributed by atoms with Gasteiger partial charge in [-0.3, -0.25) is 9.78 Å². The Morgan fingerprint density at radius 2 is 1.68 bits per heavy atom. The maximum Gasteiger partial charge on any atom is 0.417 e. The van der Waals surface area contributed by atoms with Gasteiger partial charge in [-0.1, -0.05) is 0 Å². The monoisotopic (exact) mass is 470 g/mol. The van der Waals surface area contributed by atoms with Crippen LogP contribution in [0.15, 0.2) is 43.0 Å². The van der Waals surface area contributed by atoms with E-state index in [0.717, 1.165) is 18.4 Å². The number of anilines is 1. The molecule has 6 heterocycles. The Kier molecular flexibility index (Phi) is 4.42. The molecule has 0 N–H and O–H groups in total. The zero-order valence-electron chi connectivity index (χ0n) is 17.9. The number of nitrogens with zero attached hydrogens (tertiary/aromatic N) is 6. The van der Waals surface area contributed by atoms with E-state index in [1.807, 2.05) is 11.8 Å². The van der Waals surface area contributed by atoms with Crippen molar-refractivity contribution in [2.24, 2.45) is 0 Å². The van der Waals surface area contributed by atoms with Crippen LogP contribution in [0.1, 0.15) is 34.3 Å². The molecule has 1 amide bonds. The van der Waals surface area contributed by atoms with E-state index in [0.29, 0.717) is 29.3 Å². The van der Waals surface area contributed by atoms with Crippen molar-refractivity contribution < 1.29 is 22.4 Å². The number of aromatic nitrogens is 4. The molecule has 0 aliphatic carbocycles. The van der Waals surface area contributed by atoms with E-state index < -0.39 is 17.6 Å². The summed E-state index contributed by atoms with van der Waals surface area (Å²) in [6, 6.07) is 3.21. The van der Waals surface area contributed by atoms with Gasteiger partial charge in [0.15, 0.2) is 17.5 Å². The molecule has 7 nitrogen and oxygen atoms in total. The number of aryl methyl sites for hydroxylation is 1. The molecule has 3 aliphatic rings. The zero-order chi connectivity index (χ0) is 23.8. The third kappa shape index (κ3) is 3.06. The summed E-state index contributed by atoms with van der Waals surface area (Å²) in [4.78, 5) is 33.9. The van der Waals surface area contributed by atoms with Gasteiger partial charge in [-0.15, -0.1) is 0 Å². The zero-order valence-corrected chi connectivity index (χ0v) is 17.9. The van der Waals surface area contributed by atoms with Crippen LogP contribution in [0.5, 0.6) is 0 Å². The van der Waals surface area contributed by atoms with Gasteiger partial charge in [0.05, 0.1) is 35.3 Å². The largest absolute Gasteiger partial charge is 0.417 e. The molecule has 0 radical (unpaired) electrons. The number of carbonyl (C=O) groups is 1. The first-order chi connectivity index (χ1) is 16.3. The Hall–Kier alpha value is -3.63. The number of carbonyl (C=O) groups excluding carboxylic acids is 1. The van der Waals surface area contributed by atoms with Gasteiger partial charge in [0.2, 0.25) is 0 Å². The first-order valence-corrected chi connectivity index (χ1v) is 10.8. The lowest BCUT2D eigenvalue weighted by Crippen LogP contribution is -2.43. The molecular formula is C23H18F4N6O. The number of amides is 1. The second kappa shape index (κ2) is 7.18. The van der Waals surface area contributed by atoms with Crippen LogP contribution >= 0.6 is 0 Å². The first-order valence-electron chi connectivity index (χ1n) is 10.8. The number of fused-ring (bicyclic) bond motifs is 5. The lowest BCUT2D eigenvalue weighted by Gasteiger charge is -2.29. The normalized spacial score (nSPS) is 25.0. The van der Waals surface area contributed by atoms with Gasteiger partial charge in [0.25, 0.3) is 5.91 Å². The van der Waals surface area contributed by atoms with Gasteiger partial charge < -0.3 is 9.80 Å². The standard InChI is InChI=1S/C23H18F4N6O/c1-11-7-13(17(30-9-11)20-28-5-2-6-29-20)22(34)32-15-3-4-16(32)19-18(15)33(19)21-14(24)8-12(10-31-21)23(25,26)27/h2,5-10,15-16,18-19H,3-4H2,1H3. The number of halogens is 4. The van der Waals surface area contributed by atoms with Crippen molar-refractivity contribution in [3.63, 3.8) is 0 Å². The molecule has 11 heteroatoms. The molecule has 174 valence electrons. The van der Waals surface area contributed by atoms with Gasteiger partial charge >= 0.3 is 6.18 Å². The Morgan fingerprint density at radius 3 is 2.29 bits per heavy atom. The van der Waals surface area contributed by atoms with E-state index in [9.17, 15) is 22.4 Å². The van der Waals surface area contributed by atoms with Crippen LogP contribution in [0.2, 0.25) is 0 Å². The van der Waals surface area contributed by atoms with Crippen LogP contribution < -0.4 is 4.90 Å². The summed E-state index contributed by atoms with van der Waals surface area (Å²) in [6.45, 7) is 1.84. The molecule has 4 atom stereocenters. The van der Waals surface area contributed by atoms with Gasteiger partial charge in [-0.05, 0) is 43.5 Å². The second-order valence-corrected chi connectivity index (χ2v) is 8.82. The molecule has 0 aromatic carbocycles. The first kappa shape index (κ1) is 20.9. The smallest absolute Gasteiger partial charge is 0.340 e. The number of hydrogen-bond donors (Lipinski definition) is 0. The van der Waals surface area contributed by atoms with Crippen LogP contribution in [-0.4, -0.2) is 54.9 Å². The van der Waals surface area contributed by atoms with Crippen LogP contribution in [0, 0.1) is 12.7 Å². The number of pyridine rings is 2. The quantitative estimate of drug-likeness (QED) is 0.430. The summed E-state index contributed by atoms with van der Waals surface area (Å²) in [7, 11) is 0. The second-order valence-electron chi connectivity index (χ2n) is 8.82. The molecule has 3 aromatic heterocycles. The van der Waals surface area contributed by atoms with E-state index in [-0.39, 0.29) is 35.9 Å². The highest BCUT2D eigenvalue weighted by Crippen LogP contribution is 2.55. The Bertz CT molecular complexity index is 1280. The third-order valence-electron chi connectivity index (χ3n) is 6.82. The fourth-order valence-electron chi connectivity index (χ4n) is 5.46. The number of alkyl halides is 3. The summed E-state index contributed by atoms with van der Waals surface area (Å²) in [6.07, 6.45) is 2.26. The summed E-state index contributed by atoms with van der Waals surface area (Å²) in [5.74, 6) is -0.949. The van der Waals surface area contributed by atoms with E-state index in [1.165, 1.54) is 0 Å². The summed E-state index contributed by atoms with van der Waals surface area (Å²) in [5, 5.41) is 0. The van der Waals surface area contributed by atoms with Crippen molar-refractivity contribution in [2.75, 3.05) is 4.90 Å². The molecule has 0 saturated carbocycles. The number of hydrogen-bond acceptors (Lipinski definition) is 6. The predicted molar refractivity (Wildman–Crippen MR) is 112 cm³/mol. The highest BCUT2D eigenvalue weighted by molar-refractivity contribution is 6.00. The fourth-order valence-corrected chi connectivity index (χ4v) is 5.46. The van der Waals surface area contributed by atoms with E-state index in [4.69, 9.17) is 0 Å². The topological polar surface area (TPSA) is 74.9 Å². The highest BCUT2D eigenvalue weighted by atomic mass is 19.4. The molecule has 3 fully saturated rings. The molecule has 0 spiro atoms. The summed E-state index contributed by atoms with van der Waals surface area (Å²) in [5.41, 5.74) is 0.485. The van der Waals surface area contributed by atoms with Gasteiger partial charge in [0.1, 0.15) is 5.69 Å². The van der Waals surface area contributed by atoms with Crippen molar-refractivity contribution >= 4 is 11.7 Å². The minimum Gasteiger partial charge on any atom is -0.340 e. The third-order valence-corrected chi connectivity index (χ3v) is 6.82. The molecule has 34 heavy (non-hydrogen) atoms. The molecule has 3 saturated heterocycles. The molecular weight excluding hydrogens is 452 g/mol. The van der Waals surface area contributed by atoms with Gasteiger partial charge in [-0.2, -0.15) is 13.2 Å². The molecule has 6 rings (SSSR count). The SMILES string of the molecule is Cc1cnc(-c2ncccn2)c(C(=O)N2C3CCC2C2C3N2c2ncc(C(F)(F)F)cc2F)c1. The number of piperazine rings is 1. The lowest BCUT2D eigenvalue weighted by molar-refractivity contribution is -0.138. The Morgan fingerprint density at radius 1 is 1.00 bits per heavy atom. The van der Waals surface area contributed by atoms with Crippen LogP contribution in [0.3, 0.4) is 0 Å². The number of rotatable bonds is 3. The fraction of sp³-hybridized carbons (Fsp3) is 0.348. The summed E-state index contributed by atoms with van der Waals surface area (Å²) >= 11 is 0. The van der Waals surface area contributed by atoms with Crippen molar-refractivity contribution in [2.45, 2.75) is 50.1 Å². The lowest BCUT2D eigenvalue weighted by atomic mass is 10.0. The molecule has 3 aliphatic heterocycles. The average Bonchev–Trinajstić information content (AvgIpc) is 3.30. The van der Waals surface area contributed by atoms with Crippen LogP contribution in [0.4, 0.5) is 23.4 Å². The van der Waals surface area contributed by atoms with E-state index in [2.05, 4.69) is 19.9 Å². The summed E-state index contributed by atoms with van der Waals surface area (Å²) < 4.78 is 53.2. The molecule has 4 unspecified atom stereocenters. The minimum atomic E-state index is -4.66.